The highest BCUT2D eigenvalue weighted by Crippen LogP contribution is 2.31. The minimum absolute atomic E-state index is 0.0853. The van der Waals surface area contributed by atoms with Crippen molar-refractivity contribution in [1.82, 2.24) is 24.6 Å². The van der Waals surface area contributed by atoms with Gasteiger partial charge in [0, 0.05) is 36.5 Å². The van der Waals surface area contributed by atoms with Crippen molar-refractivity contribution in [2.45, 2.75) is 51.1 Å². The molecule has 29 heavy (non-hydrogen) atoms. The van der Waals surface area contributed by atoms with Crippen LogP contribution in [0.5, 0.6) is 5.75 Å². The van der Waals surface area contributed by atoms with Crippen molar-refractivity contribution < 1.29 is 9.53 Å². The van der Waals surface area contributed by atoms with Gasteiger partial charge < -0.3 is 19.2 Å². The number of carbonyl (C=O) groups is 1. The maximum absolute atomic E-state index is 13.2. The minimum Gasteiger partial charge on any atom is -0.497 e. The van der Waals surface area contributed by atoms with Gasteiger partial charge in [-0.25, -0.2) is 0 Å². The number of H-pyrrole nitrogens is 1. The molecule has 0 radical (unpaired) electrons. The quantitative estimate of drug-likeness (QED) is 0.667. The monoisotopic (exact) mass is 393 g/mol. The highest BCUT2D eigenvalue weighted by Gasteiger charge is 2.30. The SMILES string of the molecule is COc1ccc2[nH]c(C(=O)N3CCCC3CCc3nncn3CC3CC3)cc2c1. The molecule has 1 amide bonds. The predicted octanol–water partition coefficient (Wildman–Crippen LogP) is 3.42. The molecule has 7 nitrogen and oxygen atoms in total. The van der Waals surface area contributed by atoms with Crippen molar-refractivity contribution in [2.75, 3.05) is 13.7 Å². The zero-order valence-electron chi connectivity index (χ0n) is 16.8. The predicted molar refractivity (Wildman–Crippen MR) is 110 cm³/mol. The van der Waals surface area contributed by atoms with Crippen LogP contribution >= 0.6 is 0 Å². The molecule has 1 unspecified atom stereocenters. The van der Waals surface area contributed by atoms with Gasteiger partial charge in [-0.2, -0.15) is 0 Å². The highest BCUT2D eigenvalue weighted by molar-refractivity contribution is 5.98. The second-order valence-electron chi connectivity index (χ2n) is 8.31. The lowest BCUT2D eigenvalue weighted by atomic mass is 10.1. The summed E-state index contributed by atoms with van der Waals surface area (Å²) >= 11 is 0. The lowest BCUT2D eigenvalue weighted by molar-refractivity contribution is 0.0725. The fraction of sp³-hybridized carbons (Fsp3) is 0.500. The second kappa shape index (κ2) is 7.54. The Bertz CT molecular complexity index is 1020. The topological polar surface area (TPSA) is 76.0 Å². The molecule has 1 N–H and O–H groups in total. The van der Waals surface area contributed by atoms with Crippen molar-refractivity contribution in [1.29, 1.82) is 0 Å². The number of nitrogens with one attached hydrogen (secondary N) is 1. The van der Waals surface area contributed by atoms with Gasteiger partial charge in [-0.1, -0.05) is 0 Å². The normalized spacial score (nSPS) is 19.2. The number of benzene rings is 1. The third-order valence-corrected chi connectivity index (χ3v) is 6.25. The third kappa shape index (κ3) is 3.73. The summed E-state index contributed by atoms with van der Waals surface area (Å²) < 4.78 is 7.49. The molecule has 1 aliphatic heterocycles. The number of aryl methyl sites for hydroxylation is 1. The Kier molecular flexibility index (Phi) is 4.73. The van der Waals surface area contributed by atoms with Crippen molar-refractivity contribution in [3.8, 4) is 5.75 Å². The third-order valence-electron chi connectivity index (χ3n) is 6.25. The molecule has 2 fully saturated rings. The van der Waals surface area contributed by atoms with E-state index in [0.717, 1.165) is 67.2 Å². The van der Waals surface area contributed by atoms with Crippen LogP contribution in [0, 0.1) is 5.92 Å². The van der Waals surface area contributed by atoms with E-state index < -0.39 is 0 Å². The molecule has 2 aliphatic rings. The van der Waals surface area contributed by atoms with Crippen LogP contribution in [0.1, 0.15) is 48.4 Å². The largest absolute Gasteiger partial charge is 0.497 e. The van der Waals surface area contributed by atoms with Crippen molar-refractivity contribution >= 4 is 16.8 Å². The minimum atomic E-state index is 0.0853. The Morgan fingerprint density at radius 3 is 3.00 bits per heavy atom. The molecule has 1 atom stereocenters. The van der Waals surface area contributed by atoms with E-state index in [1.165, 1.54) is 12.8 Å². The van der Waals surface area contributed by atoms with Crippen LogP contribution in [0.3, 0.4) is 0 Å². The average molecular weight is 393 g/mol. The molecule has 2 aromatic heterocycles. The average Bonchev–Trinajstić information content (AvgIpc) is 3.12. The van der Waals surface area contributed by atoms with Gasteiger partial charge in [-0.05, 0) is 62.3 Å². The molecular formula is C22H27N5O2. The molecule has 0 bridgehead atoms. The molecule has 7 heteroatoms. The molecule has 1 saturated heterocycles. The molecule has 152 valence electrons. The number of rotatable bonds is 7. The molecular weight excluding hydrogens is 366 g/mol. The van der Waals surface area contributed by atoms with E-state index in [9.17, 15) is 4.79 Å². The highest BCUT2D eigenvalue weighted by atomic mass is 16.5. The van der Waals surface area contributed by atoms with Crippen LogP contribution in [-0.2, 0) is 13.0 Å². The molecule has 5 rings (SSSR count). The summed E-state index contributed by atoms with van der Waals surface area (Å²) in [7, 11) is 1.65. The Labute approximate surface area is 170 Å². The van der Waals surface area contributed by atoms with Crippen LogP contribution in [0.15, 0.2) is 30.6 Å². The zero-order chi connectivity index (χ0) is 19.8. The summed E-state index contributed by atoms with van der Waals surface area (Å²) in [5, 5.41) is 9.43. The smallest absolute Gasteiger partial charge is 0.270 e. The maximum atomic E-state index is 13.2. The number of aromatic nitrogens is 4. The van der Waals surface area contributed by atoms with Crippen LogP contribution in [0.2, 0.25) is 0 Å². The first kappa shape index (κ1) is 18.2. The number of aromatic amines is 1. The van der Waals surface area contributed by atoms with E-state index in [-0.39, 0.29) is 11.9 Å². The summed E-state index contributed by atoms with van der Waals surface area (Å²) in [6, 6.07) is 8.01. The van der Waals surface area contributed by atoms with Gasteiger partial charge in [0.15, 0.2) is 0 Å². The standard InChI is InChI=1S/C22H27N5O2/c1-29-18-7-8-19-16(11-18)12-20(24-19)22(28)27-10-2-3-17(27)6-9-21-25-23-14-26(21)13-15-4-5-15/h7-8,11-12,14-15,17,24H,2-6,9-10,13H2,1H3. The van der Waals surface area contributed by atoms with Gasteiger partial charge in [0.2, 0.25) is 0 Å². The number of hydrogen-bond donors (Lipinski definition) is 1. The van der Waals surface area contributed by atoms with E-state index in [4.69, 9.17) is 4.74 Å². The van der Waals surface area contributed by atoms with E-state index >= 15 is 0 Å². The number of methoxy groups -OCH3 is 1. The van der Waals surface area contributed by atoms with E-state index in [0.29, 0.717) is 5.69 Å². The zero-order valence-corrected chi connectivity index (χ0v) is 16.8. The Hall–Kier alpha value is -2.83. The molecule has 1 aliphatic carbocycles. The van der Waals surface area contributed by atoms with Gasteiger partial charge in [0.05, 0.1) is 7.11 Å². The first-order valence-electron chi connectivity index (χ1n) is 10.6. The lowest BCUT2D eigenvalue weighted by Gasteiger charge is -2.24. The molecule has 0 spiro atoms. The summed E-state index contributed by atoms with van der Waals surface area (Å²) in [4.78, 5) is 18.5. The van der Waals surface area contributed by atoms with Gasteiger partial charge in [-0.15, -0.1) is 10.2 Å². The number of likely N-dealkylation sites (tertiary alicyclic amines) is 1. The number of nitrogens with zero attached hydrogens (tertiary/aromatic N) is 4. The van der Waals surface area contributed by atoms with Crippen LogP contribution in [-0.4, -0.2) is 50.3 Å². The second-order valence-corrected chi connectivity index (χ2v) is 8.31. The number of hydrogen-bond acceptors (Lipinski definition) is 4. The maximum Gasteiger partial charge on any atom is 0.270 e. The van der Waals surface area contributed by atoms with Crippen molar-refractivity contribution in [3.05, 3.63) is 42.1 Å². The van der Waals surface area contributed by atoms with Crippen LogP contribution < -0.4 is 4.74 Å². The summed E-state index contributed by atoms with van der Waals surface area (Å²) in [6.45, 7) is 1.85. The van der Waals surface area contributed by atoms with E-state index in [1.807, 2.05) is 35.5 Å². The summed E-state index contributed by atoms with van der Waals surface area (Å²) in [6.07, 6.45) is 8.39. The number of ether oxygens (including phenoxy) is 1. The first-order valence-corrected chi connectivity index (χ1v) is 10.6. The Balaban J connectivity index is 1.27. The molecule has 3 heterocycles. The van der Waals surface area contributed by atoms with Gasteiger partial charge in [-0.3, -0.25) is 4.79 Å². The molecule has 3 aromatic rings. The van der Waals surface area contributed by atoms with Crippen molar-refractivity contribution in [2.24, 2.45) is 5.92 Å². The summed E-state index contributed by atoms with van der Waals surface area (Å²) in [5.41, 5.74) is 1.61. The molecule has 1 aromatic carbocycles. The molecule has 1 saturated carbocycles. The fourth-order valence-electron chi connectivity index (χ4n) is 4.41. The van der Waals surface area contributed by atoms with Crippen LogP contribution in [0.4, 0.5) is 0 Å². The Morgan fingerprint density at radius 1 is 1.28 bits per heavy atom. The number of amides is 1. The number of carbonyl (C=O) groups excluding carboxylic acids is 1. The lowest BCUT2D eigenvalue weighted by Crippen LogP contribution is -2.36. The van der Waals surface area contributed by atoms with E-state index in [2.05, 4.69) is 19.7 Å². The Morgan fingerprint density at radius 2 is 2.17 bits per heavy atom. The van der Waals surface area contributed by atoms with Gasteiger partial charge in [0.1, 0.15) is 23.6 Å². The van der Waals surface area contributed by atoms with Crippen molar-refractivity contribution in [3.63, 3.8) is 0 Å². The van der Waals surface area contributed by atoms with Gasteiger partial charge in [0.25, 0.3) is 5.91 Å². The van der Waals surface area contributed by atoms with Gasteiger partial charge >= 0.3 is 0 Å². The first-order chi connectivity index (χ1) is 14.2. The van der Waals surface area contributed by atoms with E-state index in [1.54, 1.807) is 7.11 Å². The number of fused-ring (bicyclic) bond motifs is 1. The summed E-state index contributed by atoms with van der Waals surface area (Å²) in [5.74, 6) is 2.73. The fourth-order valence-corrected chi connectivity index (χ4v) is 4.41. The van der Waals surface area contributed by atoms with Crippen LogP contribution in [0.25, 0.3) is 10.9 Å².